The zero-order chi connectivity index (χ0) is 16.9. The van der Waals surface area contributed by atoms with Gasteiger partial charge >= 0.3 is 0 Å². The number of halogens is 3. The molecule has 2 atom stereocenters. The summed E-state index contributed by atoms with van der Waals surface area (Å²) >= 11 is 1.53. The van der Waals surface area contributed by atoms with Crippen LogP contribution in [0.25, 0.3) is 0 Å². The van der Waals surface area contributed by atoms with E-state index < -0.39 is 0 Å². The molecule has 2 unspecified atom stereocenters. The van der Waals surface area contributed by atoms with Crippen LogP contribution in [0.2, 0.25) is 0 Å². The van der Waals surface area contributed by atoms with Gasteiger partial charge in [0.1, 0.15) is 5.82 Å². The topological polar surface area (TPSA) is 68.0 Å². The number of nitrogens with two attached hydrogens (primary N) is 1. The van der Waals surface area contributed by atoms with E-state index in [1.807, 2.05) is 5.38 Å². The summed E-state index contributed by atoms with van der Waals surface area (Å²) in [6.07, 6.45) is 4.20. The molecule has 0 saturated heterocycles. The van der Waals surface area contributed by atoms with E-state index in [2.05, 4.69) is 10.3 Å². The van der Waals surface area contributed by atoms with E-state index in [1.54, 1.807) is 12.1 Å². The van der Waals surface area contributed by atoms with E-state index in [1.165, 1.54) is 23.5 Å². The Hall–Kier alpha value is -1.21. The van der Waals surface area contributed by atoms with Crippen molar-refractivity contribution in [3.8, 4) is 0 Å². The molecule has 1 heterocycles. The predicted molar refractivity (Wildman–Crippen MR) is 108 cm³/mol. The Morgan fingerprint density at radius 1 is 1.27 bits per heavy atom. The fraction of sp³-hybridized carbons (Fsp3) is 0.444. The van der Waals surface area contributed by atoms with Crippen LogP contribution in [-0.4, -0.2) is 23.5 Å². The molecule has 8 heteroatoms. The van der Waals surface area contributed by atoms with Crippen LogP contribution in [0.5, 0.6) is 0 Å². The maximum absolute atomic E-state index is 12.9. The van der Waals surface area contributed by atoms with Crippen LogP contribution >= 0.6 is 36.2 Å². The Morgan fingerprint density at radius 3 is 2.69 bits per heavy atom. The molecule has 0 aliphatic heterocycles. The summed E-state index contributed by atoms with van der Waals surface area (Å²) in [5.74, 6) is 0.176. The molecule has 1 saturated carbocycles. The number of benzene rings is 1. The van der Waals surface area contributed by atoms with Gasteiger partial charge in [-0.25, -0.2) is 9.37 Å². The molecule has 1 aromatic carbocycles. The third-order valence-corrected chi connectivity index (χ3v) is 5.42. The minimum atomic E-state index is -0.238. The number of carbonyl (C=O) groups is 1. The molecule has 1 aliphatic rings. The quantitative estimate of drug-likeness (QED) is 0.752. The lowest BCUT2D eigenvalue weighted by atomic mass is 10.0. The first-order valence-corrected chi connectivity index (χ1v) is 9.19. The molecule has 0 radical (unpaired) electrons. The lowest BCUT2D eigenvalue weighted by molar-refractivity contribution is -0.121. The highest BCUT2D eigenvalue weighted by Crippen LogP contribution is 2.24. The zero-order valence-corrected chi connectivity index (χ0v) is 16.8. The first kappa shape index (κ1) is 22.8. The molecule has 3 N–H and O–H groups in total. The molecule has 1 fully saturated rings. The summed E-state index contributed by atoms with van der Waals surface area (Å²) in [7, 11) is 0. The van der Waals surface area contributed by atoms with Crippen LogP contribution in [-0.2, 0) is 17.6 Å². The maximum atomic E-state index is 12.9. The molecule has 0 bridgehead atoms. The second kappa shape index (κ2) is 10.8. The fourth-order valence-corrected chi connectivity index (χ4v) is 4.05. The third-order valence-electron chi connectivity index (χ3n) is 4.52. The van der Waals surface area contributed by atoms with Gasteiger partial charge in [-0.3, -0.25) is 4.79 Å². The minimum absolute atomic E-state index is 0. The van der Waals surface area contributed by atoms with Gasteiger partial charge < -0.3 is 11.1 Å². The van der Waals surface area contributed by atoms with Crippen molar-refractivity contribution in [2.45, 2.75) is 38.1 Å². The Kier molecular flexibility index (Phi) is 9.50. The van der Waals surface area contributed by atoms with Crippen LogP contribution in [0.4, 0.5) is 4.39 Å². The van der Waals surface area contributed by atoms with Crippen LogP contribution < -0.4 is 11.1 Å². The van der Waals surface area contributed by atoms with Gasteiger partial charge in [-0.1, -0.05) is 18.6 Å². The van der Waals surface area contributed by atoms with Crippen LogP contribution in [0.1, 0.15) is 35.5 Å². The molecule has 1 aliphatic carbocycles. The smallest absolute Gasteiger partial charge is 0.226 e. The molecule has 1 amide bonds. The summed E-state index contributed by atoms with van der Waals surface area (Å²) in [6.45, 7) is 0.628. The maximum Gasteiger partial charge on any atom is 0.226 e. The number of nitrogens with zero attached hydrogens (tertiary/aromatic N) is 1. The summed E-state index contributed by atoms with van der Waals surface area (Å²) in [4.78, 5) is 16.7. The summed E-state index contributed by atoms with van der Waals surface area (Å²) < 4.78 is 12.9. The number of hydrogen-bond donors (Lipinski definition) is 2. The lowest BCUT2D eigenvalue weighted by Crippen LogP contribution is -2.40. The van der Waals surface area contributed by atoms with Crippen LogP contribution in [0.15, 0.2) is 29.6 Å². The van der Waals surface area contributed by atoms with Gasteiger partial charge in [0, 0.05) is 17.8 Å². The second-order valence-corrected chi connectivity index (χ2v) is 7.26. The zero-order valence-electron chi connectivity index (χ0n) is 14.3. The first-order chi connectivity index (χ1) is 11.6. The Balaban J connectivity index is 0.00000169. The van der Waals surface area contributed by atoms with Crippen molar-refractivity contribution in [1.29, 1.82) is 0 Å². The lowest BCUT2D eigenvalue weighted by Gasteiger charge is -2.19. The van der Waals surface area contributed by atoms with Crippen molar-refractivity contribution in [2.75, 3.05) is 6.54 Å². The number of aromatic nitrogens is 1. The molecular formula is C18H24Cl2FN3OS. The number of carbonyl (C=O) groups excluding carboxylic acids is 1. The van der Waals surface area contributed by atoms with Crippen molar-refractivity contribution >= 4 is 42.1 Å². The standard InChI is InChI=1S/C18H22FN3OS.2ClH/c19-14-6-4-12(5-7-14)8-18-21-15(11-24-18)9-17(23)22-16-3-1-2-13(16)10-20;;/h4-7,11,13,16H,1-3,8-10,20H2,(H,22,23);2*1H. The monoisotopic (exact) mass is 419 g/mol. The summed E-state index contributed by atoms with van der Waals surface area (Å²) in [5, 5.41) is 5.96. The van der Waals surface area contributed by atoms with E-state index in [-0.39, 0.29) is 42.6 Å². The predicted octanol–water partition coefficient (Wildman–Crippen LogP) is 3.50. The molecule has 0 spiro atoms. The number of hydrogen-bond acceptors (Lipinski definition) is 4. The van der Waals surface area contributed by atoms with Gasteiger partial charge in [-0.2, -0.15) is 0 Å². The Bertz CT molecular complexity index is 696. The van der Waals surface area contributed by atoms with E-state index in [0.717, 1.165) is 35.5 Å². The molecule has 26 heavy (non-hydrogen) atoms. The van der Waals surface area contributed by atoms with E-state index in [9.17, 15) is 9.18 Å². The van der Waals surface area contributed by atoms with Gasteiger partial charge in [-0.05, 0) is 43.0 Å². The third kappa shape index (κ3) is 6.20. The number of amides is 1. The summed E-state index contributed by atoms with van der Waals surface area (Å²) in [5.41, 5.74) is 7.55. The Morgan fingerprint density at radius 2 is 2.00 bits per heavy atom. The van der Waals surface area contributed by atoms with Crippen molar-refractivity contribution in [2.24, 2.45) is 11.7 Å². The Labute approximate surface area is 169 Å². The summed E-state index contributed by atoms with van der Waals surface area (Å²) in [6, 6.07) is 6.63. The molecule has 1 aromatic heterocycles. The van der Waals surface area contributed by atoms with E-state index in [4.69, 9.17) is 5.73 Å². The molecule has 2 aromatic rings. The van der Waals surface area contributed by atoms with Gasteiger partial charge in [0.15, 0.2) is 0 Å². The van der Waals surface area contributed by atoms with Gasteiger partial charge in [-0.15, -0.1) is 36.2 Å². The average Bonchev–Trinajstić information content (AvgIpc) is 3.19. The van der Waals surface area contributed by atoms with Gasteiger partial charge in [0.2, 0.25) is 5.91 Å². The van der Waals surface area contributed by atoms with Gasteiger partial charge in [0.05, 0.1) is 17.1 Å². The number of nitrogens with one attached hydrogen (secondary N) is 1. The van der Waals surface area contributed by atoms with Crippen molar-refractivity contribution < 1.29 is 9.18 Å². The first-order valence-electron chi connectivity index (χ1n) is 8.31. The van der Waals surface area contributed by atoms with Crippen LogP contribution in [0.3, 0.4) is 0 Å². The molecule has 3 rings (SSSR count). The van der Waals surface area contributed by atoms with E-state index in [0.29, 0.717) is 25.3 Å². The van der Waals surface area contributed by atoms with Crippen LogP contribution in [0, 0.1) is 11.7 Å². The van der Waals surface area contributed by atoms with Crippen molar-refractivity contribution in [1.82, 2.24) is 10.3 Å². The minimum Gasteiger partial charge on any atom is -0.353 e. The van der Waals surface area contributed by atoms with E-state index >= 15 is 0 Å². The normalized spacial score (nSPS) is 18.7. The fourth-order valence-electron chi connectivity index (χ4n) is 3.22. The largest absolute Gasteiger partial charge is 0.353 e. The highest BCUT2D eigenvalue weighted by Gasteiger charge is 2.27. The SMILES string of the molecule is Cl.Cl.NCC1CCCC1NC(=O)Cc1csc(Cc2ccc(F)cc2)n1. The van der Waals surface area contributed by atoms with Crippen molar-refractivity contribution in [3.63, 3.8) is 0 Å². The molecular weight excluding hydrogens is 396 g/mol. The second-order valence-electron chi connectivity index (χ2n) is 6.31. The van der Waals surface area contributed by atoms with Gasteiger partial charge in [0.25, 0.3) is 0 Å². The highest BCUT2D eigenvalue weighted by atomic mass is 35.5. The van der Waals surface area contributed by atoms with Crippen molar-refractivity contribution in [3.05, 3.63) is 51.7 Å². The number of rotatable bonds is 6. The highest BCUT2D eigenvalue weighted by molar-refractivity contribution is 7.09. The molecule has 4 nitrogen and oxygen atoms in total. The number of thiazole rings is 1. The molecule has 144 valence electrons. The average molecular weight is 420 g/mol.